The predicted molar refractivity (Wildman–Crippen MR) is 198 cm³/mol. The molecule has 0 heterocycles. The average molecular weight is 617 g/mol. The van der Waals surface area contributed by atoms with Gasteiger partial charge < -0.3 is 9.80 Å². The topological polar surface area (TPSA) is 6.48 Å². The predicted octanol–water partition coefficient (Wildman–Crippen LogP) is 12.7. The van der Waals surface area contributed by atoms with Crippen LogP contribution in [-0.4, -0.2) is 5.88 Å². The lowest BCUT2D eigenvalue weighted by atomic mass is 9.92. The fourth-order valence-corrected chi connectivity index (χ4v) is 6.85. The van der Waals surface area contributed by atoms with Crippen molar-refractivity contribution in [3.63, 3.8) is 0 Å². The molecule has 0 bridgehead atoms. The van der Waals surface area contributed by atoms with Crippen LogP contribution in [0.1, 0.15) is 26.2 Å². The van der Waals surface area contributed by atoms with Gasteiger partial charge in [-0.15, -0.1) is 11.6 Å². The molecule has 3 heteroatoms. The minimum Gasteiger partial charge on any atom is -0.314 e. The molecule has 1 aliphatic carbocycles. The lowest BCUT2D eigenvalue weighted by molar-refractivity contribution is 0.856. The minimum absolute atomic E-state index is 0.615. The normalized spacial score (nSPS) is 13.0. The van der Waals surface area contributed by atoms with Gasteiger partial charge >= 0.3 is 0 Å². The number of hydrogen-bond donors (Lipinski definition) is 0. The Hall–Kier alpha value is -5.05. The van der Waals surface area contributed by atoms with Gasteiger partial charge in [-0.1, -0.05) is 109 Å². The molecule has 0 aliphatic heterocycles. The number of benzene rings is 6. The second-order valence-corrected chi connectivity index (χ2v) is 12.1. The van der Waals surface area contributed by atoms with Crippen molar-refractivity contribution >= 4 is 50.8 Å². The van der Waals surface area contributed by atoms with Gasteiger partial charge in [0.2, 0.25) is 0 Å². The second-order valence-electron chi connectivity index (χ2n) is 11.7. The quantitative estimate of drug-likeness (QED) is 0.149. The lowest BCUT2D eigenvalue weighted by Gasteiger charge is -2.32. The molecular formula is C43H37ClN2. The second kappa shape index (κ2) is 13.5. The van der Waals surface area contributed by atoms with Gasteiger partial charge in [-0.2, -0.15) is 0 Å². The fourth-order valence-electron chi connectivity index (χ4n) is 6.66. The number of anilines is 5. The van der Waals surface area contributed by atoms with E-state index in [2.05, 4.69) is 174 Å². The Morgan fingerprint density at radius 1 is 0.543 bits per heavy atom. The Morgan fingerprint density at radius 2 is 1.07 bits per heavy atom. The van der Waals surface area contributed by atoms with E-state index < -0.39 is 0 Å². The largest absolute Gasteiger partial charge is 0.314 e. The third-order valence-electron chi connectivity index (χ3n) is 8.89. The van der Waals surface area contributed by atoms with Crippen LogP contribution in [0, 0.1) is 0 Å². The molecule has 0 fully saturated rings. The van der Waals surface area contributed by atoms with Crippen molar-refractivity contribution in [2.45, 2.75) is 26.2 Å². The number of rotatable bonds is 9. The van der Waals surface area contributed by atoms with Crippen LogP contribution in [0.25, 0.3) is 21.9 Å². The molecule has 0 unspecified atom stereocenters. The molecule has 46 heavy (non-hydrogen) atoms. The smallest absolute Gasteiger partial charge is 0.0540 e. The van der Waals surface area contributed by atoms with Crippen LogP contribution >= 0.6 is 11.6 Å². The molecule has 226 valence electrons. The number of nitrogens with zero attached hydrogens (tertiary/aromatic N) is 2. The van der Waals surface area contributed by atoms with Crippen LogP contribution < -0.4 is 9.80 Å². The number of halogens is 1. The average Bonchev–Trinajstić information content (AvgIpc) is 3.12. The van der Waals surface area contributed by atoms with Crippen LogP contribution in [0.2, 0.25) is 0 Å². The Bertz CT molecular complexity index is 1990. The van der Waals surface area contributed by atoms with Crippen LogP contribution in [0.4, 0.5) is 28.4 Å². The van der Waals surface area contributed by atoms with E-state index in [-0.39, 0.29) is 0 Å². The summed E-state index contributed by atoms with van der Waals surface area (Å²) in [6, 6.07) is 54.3. The van der Waals surface area contributed by atoms with Crippen LogP contribution in [-0.2, 0) is 0 Å². The summed E-state index contributed by atoms with van der Waals surface area (Å²) in [7, 11) is 0. The zero-order valence-electron chi connectivity index (χ0n) is 26.1. The maximum Gasteiger partial charge on any atom is 0.0540 e. The summed E-state index contributed by atoms with van der Waals surface area (Å²) in [5.41, 5.74) is 12.2. The Morgan fingerprint density at radius 3 is 1.70 bits per heavy atom. The standard InChI is InChI=1S/C43H37ClN2/c1-32-12-10-20-42(40(32)30-31-44)45(36-15-4-2-5-16-36)38-26-22-33(23-27-38)34-24-28-39(29-25-34)46(37-17-6-3-7-18-37)43-21-11-14-35-13-8-9-19-41(35)43/h2-9,11-19,21-29H,10,20,30-31H2,1H3. The monoisotopic (exact) mass is 616 g/mol. The summed E-state index contributed by atoms with van der Waals surface area (Å²) in [5.74, 6) is 0.615. The van der Waals surface area contributed by atoms with Crippen molar-refractivity contribution in [1.29, 1.82) is 0 Å². The highest BCUT2D eigenvalue weighted by Crippen LogP contribution is 2.41. The SMILES string of the molecule is CC1=CCCC(N(c2ccccc2)c2ccc(-c3ccc(N(c4ccccc4)c4cccc5ccccc45)cc3)cc2)=C1CCCl. The van der Waals surface area contributed by atoms with Gasteiger partial charge in [0.25, 0.3) is 0 Å². The minimum atomic E-state index is 0.615. The maximum absolute atomic E-state index is 6.29. The number of allylic oxidation sites excluding steroid dienone is 4. The van der Waals surface area contributed by atoms with Gasteiger partial charge in [-0.25, -0.2) is 0 Å². The number of alkyl halides is 1. The van der Waals surface area contributed by atoms with Crippen LogP contribution in [0.5, 0.6) is 0 Å². The zero-order chi connectivity index (χ0) is 31.3. The van der Waals surface area contributed by atoms with E-state index in [0.717, 1.165) is 42.0 Å². The molecule has 7 rings (SSSR count). The van der Waals surface area contributed by atoms with Crippen molar-refractivity contribution in [3.8, 4) is 11.1 Å². The molecule has 0 saturated heterocycles. The van der Waals surface area contributed by atoms with Gasteiger partial charge in [0.15, 0.2) is 0 Å². The molecule has 0 N–H and O–H groups in total. The van der Waals surface area contributed by atoms with Crippen molar-refractivity contribution in [3.05, 3.63) is 175 Å². The van der Waals surface area contributed by atoms with Crippen molar-refractivity contribution in [2.24, 2.45) is 0 Å². The highest BCUT2D eigenvalue weighted by atomic mass is 35.5. The first-order chi connectivity index (χ1) is 22.7. The summed E-state index contributed by atoms with van der Waals surface area (Å²) < 4.78 is 0. The Labute approximate surface area is 277 Å². The van der Waals surface area contributed by atoms with Gasteiger partial charge in [0, 0.05) is 39.7 Å². The molecule has 0 aromatic heterocycles. The molecule has 0 radical (unpaired) electrons. The maximum atomic E-state index is 6.29. The highest BCUT2D eigenvalue weighted by Gasteiger charge is 2.22. The van der Waals surface area contributed by atoms with E-state index in [4.69, 9.17) is 11.6 Å². The number of hydrogen-bond acceptors (Lipinski definition) is 2. The van der Waals surface area contributed by atoms with E-state index in [1.54, 1.807) is 0 Å². The van der Waals surface area contributed by atoms with Gasteiger partial charge in [-0.3, -0.25) is 0 Å². The van der Waals surface area contributed by atoms with Crippen molar-refractivity contribution < 1.29 is 0 Å². The van der Waals surface area contributed by atoms with Crippen molar-refractivity contribution in [2.75, 3.05) is 15.7 Å². The van der Waals surface area contributed by atoms with E-state index in [1.807, 2.05) is 0 Å². The Balaban J connectivity index is 1.24. The third kappa shape index (κ3) is 5.97. The summed E-state index contributed by atoms with van der Waals surface area (Å²) >= 11 is 6.29. The first-order valence-electron chi connectivity index (χ1n) is 16.0. The van der Waals surface area contributed by atoms with Crippen LogP contribution in [0.15, 0.2) is 175 Å². The zero-order valence-corrected chi connectivity index (χ0v) is 26.9. The summed E-state index contributed by atoms with van der Waals surface area (Å²) in [4.78, 5) is 4.77. The molecule has 0 atom stereocenters. The molecule has 0 spiro atoms. The van der Waals surface area contributed by atoms with Gasteiger partial charge in [0.1, 0.15) is 0 Å². The van der Waals surface area contributed by atoms with E-state index in [1.165, 1.54) is 44.4 Å². The van der Waals surface area contributed by atoms with Crippen molar-refractivity contribution in [1.82, 2.24) is 0 Å². The molecular weight excluding hydrogens is 580 g/mol. The summed E-state index contributed by atoms with van der Waals surface area (Å²) in [5, 5.41) is 2.46. The third-order valence-corrected chi connectivity index (χ3v) is 9.08. The number of para-hydroxylation sites is 2. The summed E-state index contributed by atoms with van der Waals surface area (Å²) in [6.07, 6.45) is 5.25. The van der Waals surface area contributed by atoms with E-state index in [0.29, 0.717) is 5.88 Å². The van der Waals surface area contributed by atoms with E-state index >= 15 is 0 Å². The molecule has 1 aliphatic rings. The molecule has 6 aromatic rings. The molecule has 2 nitrogen and oxygen atoms in total. The molecule has 6 aromatic carbocycles. The Kier molecular flexibility index (Phi) is 8.72. The lowest BCUT2D eigenvalue weighted by Crippen LogP contribution is -2.20. The summed E-state index contributed by atoms with van der Waals surface area (Å²) in [6.45, 7) is 2.22. The highest BCUT2D eigenvalue weighted by molar-refractivity contribution is 6.18. The first kappa shape index (κ1) is 29.6. The fraction of sp³-hybridized carbons (Fsp3) is 0.116. The molecule has 0 amide bonds. The van der Waals surface area contributed by atoms with Gasteiger partial charge in [-0.05, 0) is 103 Å². The molecule has 0 saturated carbocycles. The van der Waals surface area contributed by atoms with E-state index in [9.17, 15) is 0 Å². The first-order valence-corrected chi connectivity index (χ1v) is 16.6. The van der Waals surface area contributed by atoms with Gasteiger partial charge in [0.05, 0.1) is 5.69 Å². The van der Waals surface area contributed by atoms with Crippen LogP contribution in [0.3, 0.4) is 0 Å². The number of fused-ring (bicyclic) bond motifs is 1.